The van der Waals surface area contributed by atoms with Gasteiger partial charge in [-0.25, -0.2) is 4.98 Å². The topological polar surface area (TPSA) is 138 Å². The molecule has 176 valence electrons. The lowest BCUT2D eigenvalue weighted by molar-refractivity contribution is -0.386. The third kappa shape index (κ3) is 4.95. The summed E-state index contributed by atoms with van der Waals surface area (Å²) in [5.41, 5.74) is 0.407. The van der Waals surface area contributed by atoms with E-state index in [1.165, 1.54) is 54.6 Å². The number of nitro benzene ring substituents is 1. The Hall–Kier alpha value is -4.36. The molecule has 0 unspecified atom stereocenters. The van der Waals surface area contributed by atoms with E-state index >= 15 is 0 Å². The molecule has 1 aromatic heterocycles. The molecule has 0 bridgehead atoms. The first-order valence-electron chi connectivity index (χ1n) is 9.76. The van der Waals surface area contributed by atoms with Gasteiger partial charge < -0.3 is 9.47 Å². The highest BCUT2D eigenvalue weighted by molar-refractivity contribution is 8.27. The van der Waals surface area contributed by atoms with Gasteiger partial charge in [0.25, 0.3) is 17.5 Å². The van der Waals surface area contributed by atoms with Crippen LogP contribution in [0.15, 0.2) is 65.7 Å². The Balaban J connectivity index is 1.61. The maximum atomic E-state index is 13.0. The number of aromatic nitrogens is 1. The fraction of sp³-hybridized carbons (Fsp3) is 0.0455. The molecule has 0 spiro atoms. The molecular weight excluding hydrogens is 496 g/mol. The number of nitro groups is 2. The van der Waals surface area contributed by atoms with E-state index in [9.17, 15) is 25.0 Å². The van der Waals surface area contributed by atoms with Crippen LogP contribution in [0.5, 0.6) is 17.4 Å². The molecule has 0 N–H and O–H groups in total. The smallest absolute Gasteiger partial charge is 0.331 e. The number of hydrogen-bond acceptors (Lipinski definition) is 10. The van der Waals surface area contributed by atoms with Gasteiger partial charge in [-0.15, -0.1) is 0 Å². The number of anilines is 1. The van der Waals surface area contributed by atoms with Crippen molar-refractivity contribution in [2.75, 3.05) is 12.0 Å². The van der Waals surface area contributed by atoms with Crippen LogP contribution in [0.25, 0.3) is 6.08 Å². The summed E-state index contributed by atoms with van der Waals surface area (Å²) in [4.78, 5) is 39.6. The zero-order valence-electron chi connectivity index (χ0n) is 17.8. The summed E-state index contributed by atoms with van der Waals surface area (Å²) in [6.45, 7) is 0. The molecule has 1 aliphatic rings. The number of hydrogen-bond donors (Lipinski definition) is 0. The predicted octanol–water partition coefficient (Wildman–Crippen LogP) is 5.10. The first kappa shape index (κ1) is 23.8. The molecular formula is C22H14N4O7S2. The number of benzene rings is 2. The lowest BCUT2D eigenvalue weighted by atomic mass is 10.1. The quantitative estimate of drug-likeness (QED) is 0.182. The number of thioether (sulfide) groups is 1. The third-order valence-corrected chi connectivity index (χ3v) is 6.03. The molecule has 0 saturated carbocycles. The summed E-state index contributed by atoms with van der Waals surface area (Å²) in [5, 5.41) is 22.3. The van der Waals surface area contributed by atoms with Crippen molar-refractivity contribution < 1.29 is 24.1 Å². The van der Waals surface area contributed by atoms with E-state index in [0.717, 1.165) is 11.8 Å². The molecule has 35 heavy (non-hydrogen) atoms. The summed E-state index contributed by atoms with van der Waals surface area (Å²) in [6, 6.07) is 13.1. The lowest BCUT2D eigenvalue weighted by Gasteiger charge is -2.14. The Morgan fingerprint density at radius 2 is 1.86 bits per heavy atom. The molecule has 0 radical (unpaired) electrons. The SMILES string of the molecule is COc1cc(/C=C2/SC(=S)N(c3cccc([N+](=O)[O-])c3)C2=O)ccc1Oc1ncccc1[N+](=O)[O-]. The van der Waals surface area contributed by atoms with Crippen LogP contribution in [0.4, 0.5) is 17.1 Å². The zero-order valence-corrected chi connectivity index (χ0v) is 19.4. The Kier molecular flexibility index (Phi) is 6.71. The monoisotopic (exact) mass is 510 g/mol. The second-order valence-electron chi connectivity index (χ2n) is 6.89. The maximum absolute atomic E-state index is 13.0. The number of pyridine rings is 1. The summed E-state index contributed by atoms with van der Waals surface area (Å²) < 4.78 is 11.2. The second-order valence-corrected chi connectivity index (χ2v) is 8.57. The number of carbonyl (C=O) groups is 1. The van der Waals surface area contributed by atoms with Gasteiger partial charge in [-0.05, 0) is 35.9 Å². The van der Waals surface area contributed by atoms with E-state index < -0.39 is 15.8 Å². The van der Waals surface area contributed by atoms with Gasteiger partial charge in [-0.2, -0.15) is 0 Å². The molecule has 11 nitrogen and oxygen atoms in total. The highest BCUT2D eigenvalue weighted by Gasteiger charge is 2.34. The van der Waals surface area contributed by atoms with Crippen molar-refractivity contribution in [1.82, 2.24) is 4.98 Å². The van der Waals surface area contributed by atoms with Crippen LogP contribution >= 0.6 is 24.0 Å². The normalized spacial score (nSPS) is 14.3. The van der Waals surface area contributed by atoms with Crippen molar-refractivity contribution in [2.45, 2.75) is 0 Å². The zero-order chi connectivity index (χ0) is 25.1. The van der Waals surface area contributed by atoms with Crippen molar-refractivity contribution in [3.05, 3.63) is 91.5 Å². The number of nitrogens with zero attached hydrogens (tertiary/aromatic N) is 4. The van der Waals surface area contributed by atoms with Gasteiger partial charge in [-0.3, -0.25) is 29.9 Å². The standard InChI is InChI=1S/C22H14N4O7S2/c1-32-18-10-13(7-8-17(18)33-20-16(26(30)31)6-3-9-23-20)11-19-21(27)24(22(34)35-19)14-4-2-5-15(12-14)25(28)29/h2-12H,1H3/b19-11+. The molecule has 13 heteroatoms. The summed E-state index contributed by atoms with van der Waals surface area (Å²) >= 11 is 6.38. The summed E-state index contributed by atoms with van der Waals surface area (Å²) in [7, 11) is 1.40. The number of amides is 1. The van der Waals surface area contributed by atoms with Gasteiger partial charge >= 0.3 is 5.69 Å². The first-order chi connectivity index (χ1) is 16.8. The molecule has 3 aromatic rings. The lowest BCUT2D eigenvalue weighted by Crippen LogP contribution is -2.27. The van der Waals surface area contributed by atoms with Crippen molar-refractivity contribution in [2.24, 2.45) is 0 Å². The third-order valence-electron chi connectivity index (χ3n) is 4.73. The fourth-order valence-electron chi connectivity index (χ4n) is 3.15. The van der Waals surface area contributed by atoms with Gasteiger partial charge in [0.05, 0.1) is 27.5 Å². The first-order valence-corrected chi connectivity index (χ1v) is 11.0. The molecule has 2 aromatic carbocycles. The van der Waals surface area contributed by atoms with Crippen LogP contribution in [-0.2, 0) is 4.79 Å². The van der Waals surface area contributed by atoms with Crippen LogP contribution in [0.2, 0.25) is 0 Å². The Labute approximate surface area is 207 Å². The van der Waals surface area contributed by atoms with Crippen LogP contribution < -0.4 is 14.4 Å². The number of thiocarbonyl (C=S) groups is 1. The van der Waals surface area contributed by atoms with E-state index in [0.29, 0.717) is 16.2 Å². The van der Waals surface area contributed by atoms with Gasteiger partial charge in [0.2, 0.25) is 0 Å². The Bertz CT molecular complexity index is 1410. The molecule has 0 atom stereocenters. The molecule has 1 saturated heterocycles. The largest absolute Gasteiger partial charge is 0.493 e. The number of ether oxygens (including phenoxy) is 2. The predicted molar refractivity (Wildman–Crippen MR) is 133 cm³/mol. The fourth-order valence-corrected chi connectivity index (χ4v) is 4.45. The minimum Gasteiger partial charge on any atom is -0.493 e. The van der Waals surface area contributed by atoms with Crippen LogP contribution in [0.3, 0.4) is 0 Å². The molecule has 1 aliphatic heterocycles. The molecule has 4 rings (SSSR count). The van der Waals surface area contributed by atoms with Gasteiger partial charge in [-0.1, -0.05) is 36.1 Å². The molecule has 1 amide bonds. The average molecular weight is 511 g/mol. The minimum atomic E-state index is -0.605. The Morgan fingerprint density at radius 3 is 2.57 bits per heavy atom. The van der Waals surface area contributed by atoms with E-state index in [2.05, 4.69) is 4.98 Å². The van der Waals surface area contributed by atoms with E-state index in [4.69, 9.17) is 21.7 Å². The van der Waals surface area contributed by atoms with Crippen molar-refractivity contribution in [3.8, 4) is 17.4 Å². The van der Waals surface area contributed by atoms with Crippen molar-refractivity contribution in [3.63, 3.8) is 0 Å². The van der Waals surface area contributed by atoms with E-state index in [-0.39, 0.29) is 33.1 Å². The van der Waals surface area contributed by atoms with Crippen molar-refractivity contribution >= 4 is 57.3 Å². The van der Waals surface area contributed by atoms with E-state index in [1.807, 2.05) is 0 Å². The second kappa shape index (κ2) is 9.87. The number of carbonyl (C=O) groups excluding carboxylic acids is 1. The summed E-state index contributed by atoms with van der Waals surface area (Å²) in [6.07, 6.45) is 2.96. The molecule has 2 heterocycles. The van der Waals surface area contributed by atoms with E-state index in [1.54, 1.807) is 24.3 Å². The number of rotatable bonds is 7. The maximum Gasteiger partial charge on any atom is 0.331 e. The highest BCUT2D eigenvalue weighted by Crippen LogP contribution is 2.39. The minimum absolute atomic E-state index is 0.158. The average Bonchev–Trinajstić information content (AvgIpc) is 3.12. The Morgan fingerprint density at radius 1 is 1.06 bits per heavy atom. The van der Waals surface area contributed by atoms with Crippen LogP contribution in [0, 0.1) is 20.2 Å². The van der Waals surface area contributed by atoms with Gasteiger partial charge in [0, 0.05) is 24.4 Å². The number of methoxy groups -OCH3 is 1. The van der Waals surface area contributed by atoms with Crippen LogP contribution in [-0.4, -0.2) is 32.2 Å². The number of non-ortho nitro benzene ring substituents is 1. The van der Waals surface area contributed by atoms with Crippen molar-refractivity contribution in [1.29, 1.82) is 0 Å². The van der Waals surface area contributed by atoms with Gasteiger partial charge in [0.15, 0.2) is 15.8 Å². The molecule has 1 fully saturated rings. The van der Waals surface area contributed by atoms with Gasteiger partial charge in [0.1, 0.15) is 0 Å². The summed E-state index contributed by atoms with van der Waals surface area (Å²) in [5.74, 6) is -0.172. The van der Waals surface area contributed by atoms with Crippen LogP contribution in [0.1, 0.15) is 5.56 Å². The molecule has 0 aliphatic carbocycles. The highest BCUT2D eigenvalue weighted by atomic mass is 32.2.